The second-order valence-corrected chi connectivity index (χ2v) is 6.65. The van der Waals surface area contributed by atoms with Crippen molar-refractivity contribution in [2.75, 3.05) is 6.61 Å². The maximum absolute atomic E-state index is 11.6. The van der Waals surface area contributed by atoms with Crippen molar-refractivity contribution in [2.24, 2.45) is 22.0 Å². The van der Waals surface area contributed by atoms with Crippen LogP contribution >= 0.6 is 12.4 Å². The summed E-state index contributed by atoms with van der Waals surface area (Å²) in [6, 6.07) is -0.406. The highest BCUT2D eigenvalue weighted by atomic mass is 35.5. The first-order valence-electron chi connectivity index (χ1n) is 6.19. The Hall–Kier alpha value is -0.280. The average molecular weight is 262 g/mol. The maximum atomic E-state index is 11.6. The molecule has 0 radical (unpaired) electrons. The van der Waals surface area contributed by atoms with Gasteiger partial charge in [-0.1, -0.05) is 20.8 Å². The highest BCUT2D eigenvalue weighted by molar-refractivity contribution is 5.85. The Morgan fingerprint density at radius 3 is 2.18 bits per heavy atom. The lowest BCUT2D eigenvalue weighted by molar-refractivity contribution is -0.268. The Labute approximate surface area is 110 Å². The lowest BCUT2D eigenvalue weighted by atomic mass is 9.28. The van der Waals surface area contributed by atoms with Gasteiger partial charge in [0.1, 0.15) is 6.04 Å². The first-order chi connectivity index (χ1) is 7.26. The van der Waals surface area contributed by atoms with Crippen molar-refractivity contribution in [3.63, 3.8) is 0 Å². The molecule has 0 saturated heterocycles. The molecule has 1 atom stereocenters. The number of hydrogen-bond acceptors (Lipinski definition) is 3. The fourth-order valence-electron chi connectivity index (χ4n) is 3.47. The molecule has 100 valence electrons. The third-order valence-electron chi connectivity index (χ3n) is 4.86. The Morgan fingerprint density at radius 1 is 1.35 bits per heavy atom. The minimum absolute atomic E-state index is 0. The molecule has 3 saturated carbocycles. The van der Waals surface area contributed by atoms with Crippen LogP contribution in [0.15, 0.2) is 0 Å². The summed E-state index contributed by atoms with van der Waals surface area (Å²) in [5.41, 5.74) is 6.86. The minimum atomic E-state index is -0.406. The van der Waals surface area contributed by atoms with Crippen LogP contribution in [0.25, 0.3) is 0 Å². The second-order valence-electron chi connectivity index (χ2n) is 6.65. The van der Waals surface area contributed by atoms with Gasteiger partial charge >= 0.3 is 5.97 Å². The van der Waals surface area contributed by atoms with Crippen LogP contribution in [0, 0.1) is 16.2 Å². The molecule has 3 nitrogen and oxygen atoms in total. The molecular weight excluding hydrogens is 238 g/mol. The smallest absolute Gasteiger partial charge is 0.323 e. The zero-order valence-corrected chi connectivity index (χ0v) is 12.0. The number of halogens is 1. The van der Waals surface area contributed by atoms with E-state index in [9.17, 15) is 4.79 Å². The van der Waals surface area contributed by atoms with Crippen LogP contribution < -0.4 is 5.73 Å². The Morgan fingerprint density at radius 2 is 1.82 bits per heavy atom. The van der Waals surface area contributed by atoms with E-state index < -0.39 is 6.04 Å². The molecule has 2 N–H and O–H groups in total. The monoisotopic (exact) mass is 261 g/mol. The fourth-order valence-corrected chi connectivity index (χ4v) is 3.47. The predicted molar refractivity (Wildman–Crippen MR) is 70.0 cm³/mol. The number of carbonyl (C=O) groups excluding carboxylic acids is 1. The maximum Gasteiger partial charge on any atom is 0.323 e. The van der Waals surface area contributed by atoms with Gasteiger partial charge in [-0.05, 0) is 42.4 Å². The normalized spacial score (nSPS) is 36.1. The molecule has 0 aliphatic heterocycles. The molecule has 3 rings (SSSR count). The van der Waals surface area contributed by atoms with Gasteiger partial charge in [-0.15, -0.1) is 12.4 Å². The summed E-state index contributed by atoms with van der Waals surface area (Å²) >= 11 is 0. The van der Waals surface area contributed by atoms with E-state index in [4.69, 9.17) is 10.5 Å². The van der Waals surface area contributed by atoms with Crippen LogP contribution in [-0.2, 0) is 9.53 Å². The Bertz CT molecular complexity index is 302. The molecule has 4 heteroatoms. The number of esters is 1. The minimum Gasteiger partial charge on any atom is -0.465 e. The zero-order chi connectivity index (χ0) is 12.2. The van der Waals surface area contributed by atoms with Crippen molar-refractivity contribution >= 4 is 18.4 Å². The molecule has 0 aromatic rings. The number of hydrogen-bond donors (Lipinski definition) is 1. The van der Waals surface area contributed by atoms with Crippen LogP contribution in [0.5, 0.6) is 0 Å². The van der Waals surface area contributed by atoms with Gasteiger partial charge in [-0.2, -0.15) is 0 Å². The average Bonchev–Trinajstić information content (AvgIpc) is 1.96. The van der Waals surface area contributed by atoms with Gasteiger partial charge in [0.2, 0.25) is 0 Å². The number of nitrogens with two attached hydrogens (primary N) is 1. The summed E-state index contributed by atoms with van der Waals surface area (Å²) < 4.78 is 5.00. The van der Waals surface area contributed by atoms with E-state index >= 15 is 0 Å². The quantitative estimate of drug-likeness (QED) is 0.795. The van der Waals surface area contributed by atoms with Gasteiger partial charge in [-0.3, -0.25) is 4.79 Å². The summed E-state index contributed by atoms with van der Waals surface area (Å²) in [5, 5.41) is 0. The SMILES string of the molecule is CCOC(=O)[C@H](N)C12CC(C(C)(C)C)(C1)C2.Cl. The molecule has 0 aromatic heterocycles. The molecule has 0 amide bonds. The van der Waals surface area contributed by atoms with Crippen LogP contribution in [0.4, 0.5) is 0 Å². The van der Waals surface area contributed by atoms with Gasteiger partial charge < -0.3 is 10.5 Å². The van der Waals surface area contributed by atoms with E-state index in [-0.39, 0.29) is 23.8 Å². The molecule has 3 fully saturated rings. The van der Waals surface area contributed by atoms with Crippen molar-refractivity contribution in [1.82, 2.24) is 0 Å². The summed E-state index contributed by atoms with van der Waals surface area (Å²) in [5.74, 6) is -0.218. The van der Waals surface area contributed by atoms with E-state index in [0.717, 1.165) is 19.3 Å². The molecule has 0 unspecified atom stereocenters. The lowest BCUT2D eigenvalue weighted by Crippen LogP contribution is -2.74. The summed E-state index contributed by atoms with van der Waals surface area (Å²) in [4.78, 5) is 11.6. The predicted octanol–water partition coefficient (Wildman–Crippen LogP) is 2.52. The lowest BCUT2D eigenvalue weighted by Gasteiger charge is -2.77. The fraction of sp³-hybridized carbons (Fsp3) is 0.923. The zero-order valence-electron chi connectivity index (χ0n) is 11.2. The molecule has 3 aliphatic rings. The highest BCUT2D eigenvalue weighted by Gasteiger charge is 2.74. The molecule has 2 bridgehead atoms. The third-order valence-corrected chi connectivity index (χ3v) is 4.86. The standard InChI is InChI=1S/C13H23NO2.ClH/c1-5-16-10(15)9(14)12-6-13(7-12,8-12)11(2,3)4;/h9H,5-8,14H2,1-4H3;1H/t9-,12?,13?;/m0./s1. The summed E-state index contributed by atoms with van der Waals surface area (Å²) in [7, 11) is 0. The van der Waals surface area contributed by atoms with E-state index in [0.29, 0.717) is 17.4 Å². The largest absolute Gasteiger partial charge is 0.465 e. The molecule has 3 aliphatic carbocycles. The van der Waals surface area contributed by atoms with Gasteiger partial charge in [-0.25, -0.2) is 0 Å². The van der Waals surface area contributed by atoms with Gasteiger partial charge in [0.25, 0.3) is 0 Å². The van der Waals surface area contributed by atoms with Crippen LogP contribution in [0.1, 0.15) is 47.0 Å². The van der Waals surface area contributed by atoms with Crippen molar-refractivity contribution in [1.29, 1.82) is 0 Å². The third kappa shape index (κ3) is 1.88. The molecule has 0 heterocycles. The summed E-state index contributed by atoms with van der Waals surface area (Å²) in [6.07, 6.45) is 3.30. The van der Waals surface area contributed by atoms with Crippen molar-refractivity contribution in [3.05, 3.63) is 0 Å². The highest BCUT2D eigenvalue weighted by Crippen LogP contribution is 2.79. The van der Waals surface area contributed by atoms with Crippen LogP contribution in [0.3, 0.4) is 0 Å². The number of rotatable bonds is 3. The van der Waals surface area contributed by atoms with E-state index in [1.165, 1.54) is 0 Å². The molecule has 0 aromatic carbocycles. The summed E-state index contributed by atoms with van der Waals surface area (Å²) in [6.45, 7) is 9.10. The van der Waals surface area contributed by atoms with E-state index in [2.05, 4.69) is 20.8 Å². The first kappa shape index (κ1) is 14.8. The van der Waals surface area contributed by atoms with Crippen molar-refractivity contribution < 1.29 is 9.53 Å². The topological polar surface area (TPSA) is 52.3 Å². The van der Waals surface area contributed by atoms with Crippen LogP contribution in [-0.4, -0.2) is 18.6 Å². The van der Waals surface area contributed by atoms with Gasteiger partial charge in [0.05, 0.1) is 6.61 Å². The van der Waals surface area contributed by atoms with E-state index in [1.807, 2.05) is 6.92 Å². The Kier molecular flexibility index (Phi) is 3.59. The number of carbonyl (C=O) groups is 1. The Balaban J connectivity index is 0.00000144. The van der Waals surface area contributed by atoms with Crippen LogP contribution in [0.2, 0.25) is 0 Å². The number of ether oxygens (including phenoxy) is 1. The molecular formula is C13H24ClNO2. The first-order valence-corrected chi connectivity index (χ1v) is 6.19. The van der Waals surface area contributed by atoms with E-state index in [1.54, 1.807) is 0 Å². The molecule has 0 spiro atoms. The van der Waals surface area contributed by atoms with Gasteiger partial charge in [0.15, 0.2) is 0 Å². The van der Waals surface area contributed by atoms with Crippen molar-refractivity contribution in [3.8, 4) is 0 Å². The molecule has 17 heavy (non-hydrogen) atoms. The van der Waals surface area contributed by atoms with Gasteiger partial charge in [0, 0.05) is 0 Å². The second kappa shape index (κ2) is 4.13. The van der Waals surface area contributed by atoms with Crippen molar-refractivity contribution in [2.45, 2.75) is 53.0 Å².